The molecule has 182 valence electrons. The molecule has 0 bridgehead atoms. The molecule has 0 heterocycles. The van der Waals surface area contributed by atoms with Gasteiger partial charge < -0.3 is 9.79 Å². The Balaban J connectivity index is 2.75. The van der Waals surface area contributed by atoms with Crippen molar-refractivity contribution in [3.63, 3.8) is 0 Å². The topological polar surface area (TPSA) is 66.8 Å². The van der Waals surface area contributed by atoms with Gasteiger partial charge in [0.15, 0.2) is 0 Å². The summed E-state index contributed by atoms with van der Waals surface area (Å²) in [6, 6.07) is 10.3. The molecule has 0 aliphatic rings. The summed E-state index contributed by atoms with van der Waals surface area (Å²) in [5, 5.41) is 0. The number of unbranched alkanes of at least 4 members (excludes halogenated alkanes) is 12. The van der Waals surface area contributed by atoms with E-state index in [4.69, 9.17) is 3.97 Å². The molecule has 0 aliphatic carbocycles. The van der Waals surface area contributed by atoms with Crippen LogP contribution in [0.5, 0.6) is 0 Å². The van der Waals surface area contributed by atoms with Gasteiger partial charge in [0.05, 0.1) is 11.1 Å². The van der Waals surface area contributed by atoms with Crippen LogP contribution in [0.2, 0.25) is 0 Å². The minimum atomic E-state index is -4.51. The predicted octanol–water partition coefficient (Wildman–Crippen LogP) is 9.02. The summed E-state index contributed by atoms with van der Waals surface area (Å²) >= 11 is 1.09. The maximum Gasteiger partial charge on any atom is 0.481 e. The molecule has 0 saturated heterocycles. The van der Waals surface area contributed by atoms with Crippen molar-refractivity contribution in [3.8, 4) is 0 Å². The summed E-state index contributed by atoms with van der Waals surface area (Å²) in [4.78, 5) is 20.0. The Morgan fingerprint density at radius 2 is 1.16 bits per heavy atom. The van der Waals surface area contributed by atoms with Gasteiger partial charge in [-0.1, -0.05) is 109 Å². The normalized spacial score (nSPS) is 12.9. The highest BCUT2D eigenvalue weighted by molar-refractivity contribution is 8.93. The smallest absolute Gasteiger partial charge is 0.302 e. The second kappa shape index (κ2) is 17.5. The first-order valence-electron chi connectivity index (χ1n) is 12.2. The molecule has 0 unspecified atom stereocenters. The van der Waals surface area contributed by atoms with E-state index in [0.29, 0.717) is 0 Å². The molecule has 1 aromatic carbocycles. The molecule has 0 fully saturated rings. The van der Waals surface area contributed by atoms with E-state index in [-0.39, 0.29) is 0 Å². The third-order valence-electron chi connectivity index (χ3n) is 5.59. The third kappa shape index (κ3) is 14.0. The van der Waals surface area contributed by atoms with Crippen LogP contribution in [0.1, 0.15) is 104 Å². The molecule has 2 N–H and O–H groups in total. The lowest BCUT2D eigenvalue weighted by Gasteiger charge is -2.38. The summed E-state index contributed by atoms with van der Waals surface area (Å²) in [6.07, 6.45) is 17.3. The zero-order chi connectivity index (χ0) is 22.8. The molecule has 0 spiro atoms. The summed E-state index contributed by atoms with van der Waals surface area (Å²) in [5.74, 6) is 1.93. The van der Waals surface area contributed by atoms with Gasteiger partial charge >= 0.3 is 7.82 Å². The van der Waals surface area contributed by atoms with Crippen LogP contribution in [-0.2, 0) is 8.54 Å². The van der Waals surface area contributed by atoms with Crippen molar-refractivity contribution in [2.75, 3.05) is 11.5 Å². The first kappa shape index (κ1) is 29.1. The van der Waals surface area contributed by atoms with Gasteiger partial charge in [-0.3, -0.25) is 0 Å². The SMILES string of the molecule is CCCCCCCCCS(CCCCCCCCC)(SOP(=O)(O)O)c1ccccc1. The first-order valence-corrected chi connectivity index (χ1v) is 17.0. The van der Waals surface area contributed by atoms with Crippen molar-refractivity contribution >= 4 is 28.0 Å². The van der Waals surface area contributed by atoms with Gasteiger partial charge in [-0.05, 0) is 36.5 Å². The van der Waals surface area contributed by atoms with Gasteiger partial charge in [0.2, 0.25) is 0 Å². The van der Waals surface area contributed by atoms with Crippen LogP contribution in [0.15, 0.2) is 35.2 Å². The molecule has 31 heavy (non-hydrogen) atoms. The van der Waals surface area contributed by atoms with E-state index in [1.54, 1.807) is 0 Å². The van der Waals surface area contributed by atoms with E-state index in [1.807, 2.05) is 18.2 Å². The Kier molecular flexibility index (Phi) is 16.4. The average Bonchev–Trinajstić information content (AvgIpc) is 2.75. The van der Waals surface area contributed by atoms with Gasteiger partial charge in [-0.2, -0.15) is 0 Å². The van der Waals surface area contributed by atoms with E-state index >= 15 is 0 Å². The van der Waals surface area contributed by atoms with Crippen molar-refractivity contribution in [1.82, 2.24) is 0 Å². The molecule has 1 aromatic rings. The van der Waals surface area contributed by atoms with Crippen LogP contribution in [0.4, 0.5) is 0 Å². The van der Waals surface area contributed by atoms with Crippen molar-refractivity contribution in [1.29, 1.82) is 0 Å². The summed E-state index contributed by atoms with van der Waals surface area (Å²) < 4.78 is 16.6. The maximum absolute atomic E-state index is 11.5. The fraction of sp³-hybridized carbons (Fsp3) is 0.750. The van der Waals surface area contributed by atoms with Crippen LogP contribution < -0.4 is 0 Å². The van der Waals surface area contributed by atoms with E-state index in [9.17, 15) is 14.4 Å². The standard InChI is InChI=1S/C24H45O4PS2/c1-3-5-7-9-11-13-18-22-31(30-28-29(25,26)27,24-20-16-15-17-21-24)23-19-14-12-10-8-6-4-2/h15-17,20-21H,3-14,18-19,22-23H2,1-2H3,(H2,25,26,27). The monoisotopic (exact) mass is 492 g/mol. The highest BCUT2D eigenvalue weighted by atomic mass is 33.2. The number of rotatable bonds is 20. The molecule has 0 saturated carbocycles. The fourth-order valence-electron chi connectivity index (χ4n) is 3.80. The molecule has 0 radical (unpaired) electrons. The van der Waals surface area contributed by atoms with Gasteiger partial charge in [0, 0.05) is 4.90 Å². The Bertz CT molecular complexity index is 577. The Morgan fingerprint density at radius 1 is 0.742 bits per heavy atom. The quantitative estimate of drug-likeness (QED) is 0.0822. The van der Waals surface area contributed by atoms with Crippen LogP contribution in [0, 0.1) is 0 Å². The van der Waals surface area contributed by atoms with Gasteiger partial charge in [0.25, 0.3) is 0 Å². The van der Waals surface area contributed by atoms with E-state index in [2.05, 4.69) is 26.0 Å². The predicted molar refractivity (Wildman–Crippen MR) is 139 cm³/mol. The largest absolute Gasteiger partial charge is 0.481 e. The molecular weight excluding hydrogens is 447 g/mol. The van der Waals surface area contributed by atoms with Crippen molar-refractivity contribution < 1.29 is 18.3 Å². The van der Waals surface area contributed by atoms with Gasteiger partial charge in [-0.15, -0.1) is 9.06 Å². The van der Waals surface area contributed by atoms with Gasteiger partial charge in [-0.25, -0.2) is 8.54 Å². The second-order valence-electron chi connectivity index (χ2n) is 8.41. The molecule has 1 rings (SSSR count). The molecule has 0 aliphatic heterocycles. The van der Waals surface area contributed by atoms with Crippen LogP contribution in [-0.4, -0.2) is 21.3 Å². The average molecular weight is 493 g/mol. The highest BCUT2D eigenvalue weighted by Crippen LogP contribution is 2.70. The Hall–Kier alpha value is 0.0300. The van der Waals surface area contributed by atoms with E-state index < -0.39 is 16.9 Å². The second-order valence-corrected chi connectivity index (χ2v) is 15.4. The lowest BCUT2D eigenvalue weighted by molar-refractivity contribution is 0.299. The van der Waals surface area contributed by atoms with Crippen LogP contribution in [0.3, 0.4) is 0 Å². The minimum Gasteiger partial charge on any atom is -0.302 e. The lowest BCUT2D eigenvalue weighted by Crippen LogP contribution is -2.08. The number of hydrogen-bond acceptors (Lipinski definition) is 3. The Labute approximate surface area is 196 Å². The van der Waals surface area contributed by atoms with E-state index in [1.165, 1.54) is 81.9 Å². The first-order chi connectivity index (χ1) is 14.9. The van der Waals surface area contributed by atoms with Gasteiger partial charge in [0.1, 0.15) is 0 Å². The number of benzene rings is 1. The lowest BCUT2D eigenvalue weighted by atomic mass is 10.1. The molecule has 0 aromatic heterocycles. The molecular formula is C24H45O4PS2. The summed E-state index contributed by atoms with van der Waals surface area (Å²) in [6.45, 7) is 4.47. The molecule has 4 nitrogen and oxygen atoms in total. The van der Waals surface area contributed by atoms with Crippen LogP contribution in [0.25, 0.3) is 0 Å². The molecule has 7 heteroatoms. The maximum atomic E-state index is 11.5. The van der Waals surface area contributed by atoms with Crippen molar-refractivity contribution in [3.05, 3.63) is 30.3 Å². The fourth-order valence-corrected chi connectivity index (χ4v) is 10.9. The van der Waals surface area contributed by atoms with Crippen molar-refractivity contribution in [2.24, 2.45) is 0 Å². The third-order valence-corrected chi connectivity index (χ3v) is 12.8. The molecule has 0 atom stereocenters. The number of phosphoric acid groups is 1. The van der Waals surface area contributed by atoms with Crippen LogP contribution >= 0.6 is 28.0 Å². The zero-order valence-electron chi connectivity index (χ0n) is 19.7. The van der Waals surface area contributed by atoms with Crippen molar-refractivity contribution in [2.45, 2.75) is 109 Å². The highest BCUT2D eigenvalue weighted by Gasteiger charge is 2.31. The Morgan fingerprint density at radius 3 is 1.58 bits per heavy atom. The molecule has 0 amide bonds. The minimum absolute atomic E-state index is 0.964. The number of hydrogen-bond donors (Lipinski definition) is 2. The van der Waals surface area contributed by atoms with E-state index in [0.717, 1.165) is 35.4 Å². The summed E-state index contributed by atoms with van der Waals surface area (Å²) in [7, 11) is -6.01. The zero-order valence-corrected chi connectivity index (χ0v) is 22.2. The summed E-state index contributed by atoms with van der Waals surface area (Å²) in [5.41, 5.74) is 0.